The minimum Gasteiger partial charge on any atom is -0.320 e. The van der Waals surface area contributed by atoms with Crippen molar-refractivity contribution >= 4 is 0 Å². The molecule has 0 saturated carbocycles. The molecule has 0 aliphatic rings. The first-order valence-corrected chi connectivity index (χ1v) is 5.18. The molecule has 13 heavy (non-hydrogen) atoms. The van der Waals surface area contributed by atoms with Crippen molar-refractivity contribution in [3.63, 3.8) is 0 Å². The van der Waals surface area contributed by atoms with Crippen molar-refractivity contribution in [2.24, 2.45) is 5.92 Å². The predicted molar refractivity (Wildman–Crippen MR) is 63.0 cm³/mol. The van der Waals surface area contributed by atoms with E-state index in [2.05, 4.69) is 24.9 Å². The first-order valence-electron chi connectivity index (χ1n) is 5.18. The Hall–Kier alpha value is -0.560. The van der Waals surface area contributed by atoms with Crippen LogP contribution in [0.1, 0.15) is 34.1 Å². The zero-order chi connectivity index (χ0) is 10.7. The van der Waals surface area contributed by atoms with Crippen LogP contribution in [-0.2, 0) is 0 Å². The smallest absolute Gasteiger partial charge is 0.00462 e. The van der Waals surface area contributed by atoms with Crippen LogP contribution < -0.4 is 5.32 Å². The fourth-order valence-corrected chi connectivity index (χ4v) is 0.925. The highest BCUT2D eigenvalue weighted by molar-refractivity contribution is 5.16. The SMILES string of the molecule is C=C(/C=C\C)C(C)CCNC.CC. The minimum atomic E-state index is 0.596. The average molecular weight is 183 g/mol. The van der Waals surface area contributed by atoms with Crippen molar-refractivity contribution in [2.75, 3.05) is 13.6 Å². The van der Waals surface area contributed by atoms with Gasteiger partial charge < -0.3 is 5.32 Å². The van der Waals surface area contributed by atoms with E-state index in [0.717, 1.165) is 6.54 Å². The van der Waals surface area contributed by atoms with Crippen LogP contribution in [0.4, 0.5) is 0 Å². The van der Waals surface area contributed by atoms with Gasteiger partial charge in [-0.1, -0.05) is 45.1 Å². The molecule has 0 aliphatic heterocycles. The van der Waals surface area contributed by atoms with Gasteiger partial charge >= 0.3 is 0 Å². The number of hydrogen-bond acceptors (Lipinski definition) is 1. The Morgan fingerprint density at radius 2 is 2.00 bits per heavy atom. The van der Waals surface area contributed by atoms with E-state index in [1.165, 1.54) is 12.0 Å². The Labute approximate surface area is 83.9 Å². The molecule has 0 aromatic heterocycles. The van der Waals surface area contributed by atoms with Crippen molar-refractivity contribution in [1.29, 1.82) is 0 Å². The Balaban J connectivity index is 0. The summed E-state index contributed by atoms with van der Waals surface area (Å²) in [7, 11) is 1.98. The van der Waals surface area contributed by atoms with E-state index in [-0.39, 0.29) is 0 Å². The Morgan fingerprint density at radius 1 is 1.46 bits per heavy atom. The summed E-state index contributed by atoms with van der Waals surface area (Å²) in [4.78, 5) is 0. The Bertz CT molecular complexity index is 136. The van der Waals surface area contributed by atoms with Gasteiger partial charge in [-0.05, 0) is 32.9 Å². The second-order valence-electron chi connectivity index (χ2n) is 2.87. The second-order valence-corrected chi connectivity index (χ2v) is 2.87. The largest absolute Gasteiger partial charge is 0.320 e. The van der Waals surface area contributed by atoms with E-state index < -0.39 is 0 Å². The van der Waals surface area contributed by atoms with E-state index in [1.54, 1.807) is 0 Å². The van der Waals surface area contributed by atoms with Crippen molar-refractivity contribution in [1.82, 2.24) is 5.32 Å². The lowest BCUT2D eigenvalue weighted by atomic mass is 9.99. The average Bonchev–Trinajstić information content (AvgIpc) is 2.17. The number of hydrogen-bond donors (Lipinski definition) is 1. The third-order valence-corrected chi connectivity index (χ3v) is 1.84. The van der Waals surface area contributed by atoms with Gasteiger partial charge in [-0.3, -0.25) is 0 Å². The van der Waals surface area contributed by atoms with Crippen LogP contribution in [0.3, 0.4) is 0 Å². The van der Waals surface area contributed by atoms with E-state index in [1.807, 2.05) is 33.9 Å². The molecule has 0 fully saturated rings. The molecular weight excluding hydrogens is 158 g/mol. The number of allylic oxidation sites excluding steroid dienone is 3. The quantitative estimate of drug-likeness (QED) is 0.644. The first-order chi connectivity index (χ1) is 6.22. The molecule has 1 unspecified atom stereocenters. The number of nitrogens with one attached hydrogen (secondary N) is 1. The lowest BCUT2D eigenvalue weighted by molar-refractivity contribution is 0.595. The summed E-state index contributed by atoms with van der Waals surface area (Å²) in [5, 5.41) is 3.13. The van der Waals surface area contributed by atoms with E-state index in [4.69, 9.17) is 0 Å². The fraction of sp³-hybridized carbons (Fsp3) is 0.667. The maximum absolute atomic E-state index is 3.98. The molecule has 0 saturated heterocycles. The molecular formula is C12H25N. The van der Waals surface area contributed by atoms with Crippen LogP contribution in [0.15, 0.2) is 24.3 Å². The molecule has 0 amide bonds. The summed E-state index contributed by atoms with van der Waals surface area (Å²) in [6.07, 6.45) is 5.29. The van der Waals surface area contributed by atoms with Crippen molar-refractivity contribution < 1.29 is 0 Å². The highest BCUT2D eigenvalue weighted by Gasteiger charge is 2.01. The van der Waals surface area contributed by atoms with Gasteiger partial charge in [-0.15, -0.1) is 0 Å². The molecule has 0 radical (unpaired) electrons. The molecule has 0 aliphatic carbocycles. The van der Waals surface area contributed by atoms with Gasteiger partial charge in [0, 0.05) is 0 Å². The molecule has 1 nitrogen and oxygen atoms in total. The van der Waals surface area contributed by atoms with Gasteiger partial charge in [0.15, 0.2) is 0 Å². The van der Waals surface area contributed by atoms with Crippen molar-refractivity contribution in [3.8, 4) is 0 Å². The van der Waals surface area contributed by atoms with Crippen LogP contribution in [0, 0.1) is 5.92 Å². The lowest BCUT2D eigenvalue weighted by Gasteiger charge is -2.10. The summed E-state index contributed by atoms with van der Waals surface area (Å²) in [6, 6.07) is 0. The highest BCUT2D eigenvalue weighted by Crippen LogP contribution is 2.12. The molecule has 0 heterocycles. The lowest BCUT2D eigenvalue weighted by Crippen LogP contribution is -2.11. The van der Waals surface area contributed by atoms with Gasteiger partial charge in [0.05, 0.1) is 0 Å². The maximum Gasteiger partial charge on any atom is -0.00462 e. The van der Waals surface area contributed by atoms with Crippen molar-refractivity contribution in [3.05, 3.63) is 24.3 Å². The van der Waals surface area contributed by atoms with Crippen molar-refractivity contribution in [2.45, 2.75) is 34.1 Å². The van der Waals surface area contributed by atoms with E-state index >= 15 is 0 Å². The van der Waals surface area contributed by atoms with Crippen LogP contribution in [0.2, 0.25) is 0 Å². The topological polar surface area (TPSA) is 12.0 Å². The summed E-state index contributed by atoms with van der Waals surface area (Å²) < 4.78 is 0. The molecule has 0 aromatic rings. The summed E-state index contributed by atoms with van der Waals surface area (Å²) in [5.41, 5.74) is 1.22. The summed E-state index contributed by atoms with van der Waals surface area (Å²) in [6.45, 7) is 13.3. The third kappa shape index (κ3) is 9.35. The van der Waals surface area contributed by atoms with Gasteiger partial charge in [0.1, 0.15) is 0 Å². The maximum atomic E-state index is 3.98. The molecule has 0 rings (SSSR count). The van der Waals surface area contributed by atoms with Crippen LogP contribution in [0.25, 0.3) is 0 Å². The molecule has 78 valence electrons. The number of rotatable bonds is 5. The normalized spacial score (nSPS) is 12.1. The summed E-state index contributed by atoms with van der Waals surface area (Å²) in [5.74, 6) is 0.596. The molecule has 1 heteroatoms. The predicted octanol–water partition coefficient (Wildman–Crippen LogP) is 3.39. The molecule has 0 bridgehead atoms. The fourth-order valence-electron chi connectivity index (χ4n) is 0.925. The van der Waals surface area contributed by atoms with Gasteiger partial charge in [-0.25, -0.2) is 0 Å². The van der Waals surface area contributed by atoms with Crippen LogP contribution in [0.5, 0.6) is 0 Å². The molecule has 1 atom stereocenters. The zero-order valence-electron chi connectivity index (χ0n) is 9.85. The first kappa shape index (κ1) is 14.9. The molecule has 0 spiro atoms. The minimum absolute atomic E-state index is 0.596. The standard InChI is InChI=1S/C10H19N.C2H6/c1-5-6-9(2)10(3)7-8-11-4;1-2/h5-6,10-11H,2,7-8H2,1,3-4H3;1-2H3/b6-5-;. The summed E-state index contributed by atoms with van der Waals surface area (Å²) >= 11 is 0. The molecule has 0 aromatic carbocycles. The van der Waals surface area contributed by atoms with Gasteiger partial charge in [0.2, 0.25) is 0 Å². The monoisotopic (exact) mass is 183 g/mol. The molecule has 1 N–H and O–H groups in total. The van der Waals surface area contributed by atoms with E-state index in [9.17, 15) is 0 Å². The second kappa shape index (κ2) is 11.4. The van der Waals surface area contributed by atoms with Crippen LogP contribution >= 0.6 is 0 Å². The van der Waals surface area contributed by atoms with E-state index in [0.29, 0.717) is 5.92 Å². The zero-order valence-corrected chi connectivity index (χ0v) is 9.85. The van der Waals surface area contributed by atoms with Crippen LogP contribution in [-0.4, -0.2) is 13.6 Å². The van der Waals surface area contributed by atoms with Gasteiger partial charge in [-0.2, -0.15) is 0 Å². The van der Waals surface area contributed by atoms with Gasteiger partial charge in [0.25, 0.3) is 0 Å². The Kier molecular flexibility index (Phi) is 13.1. The third-order valence-electron chi connectivity index (χ3n) is 1.84. The highest BCUT2D eigenvalue weighted by atomic mass is 14.8. The Morgan fingerprint density at radius 3 is 2.38 bits per heavy atom.